The number of hydrazine groups is 1. The molecule has 5 nitrogen and oxygen atoms in total. The molecule has 1 unspecified atom stereocenters. The molecule has 1 rings (SSSR count). The molecule has 0 bridgehead atoms. The quantitative estimate of drug-likeness (QED) is 0.584. The minimum Gasteiger partial charge on any atom is -0.384 e. The van der Waals surface area contributed by atoms with Crippen molar-refractivity contribution in [3.63, 3.8) is 0 Å². The first kappa shape index (κ1) is 12.9. The number of hydrogen-bond acceptors (Lipinski definition) is 5. The van der Waals surface area contributed by atoms with E-state index in [0.717, 1.165) is 23.5 Å². The van der Waals surface area contributed by atoms with Gasteiger partial charge in [0, 0.05) is 24.3 Å². The Hall–Kier alpha value is -1.20. The maximum Gasteiger partial charge on any atom is 0.147 e. The number of aromatic nitrogens is 2. The van der Waals surface area contributed by atoms with Crippen molar-refractivity contribution >= 4 is 5.82 Å². The second-order valence-corrected chi connectivity index (χ2v) is 3.85. The maximum absolute atomic E-state index is 5.47. The lowest BCUT2D eigenvalue weighted by Gasteiger charge is -2.14. The highest BCUT2D eigenvalue weighted by atomic mass is 16.5. The van der Waals surface area contributed by atoms with E-state index >= 15 is 0 Å². The van der Waals surface area contributed by atoms with Gasteiger partial charge in [0.2, 0.25) is 0 Å². The van der Waals surface area contributed by atoms with E-state index in [2.05, 4.69) is 22.3 Å². The molecule has 0 aromatic carbocycles. The summed E-state index contributed by atoms with van der Waals surface area (Å²) >= 11 is 0. The molecule has 0 fully saturated rings. The van der Waals surface area contributed by atoms with Gasteiger partial charge in [-0.2, -0.15) is 0 Å². The fraction of sp³-hybridized carbons (Fsp3) is 0.636. The van der Waals surface area contributed by atoms with Crippen LogP contribution in [0.1, 0.15) is 36.8 Å². The second kappa shape index (κ2) is 5.77. The number of rotatable bonds is 5. The average molecular weight is 224 g/mol. The smallest absolute Gasteiger partial charge is 0.147 e. The van der Waals surface area contributed by atoms with Crippen LogP contribution in [-0.4, -0.2) is 23.7 Å². The molecule has 5 heteroatoms. The Morgan fingerprint density at radius 3 is 2.62 bits per heavy atom. The highest BCUT2D eigenvalue weighted by Gasteiger charge is 2.14. The molecule has 0 saturated heterocycles. The number of aryl methyl sites for hydroxylation is 1. The lowest BCUT2D eigenvalue weighted by molar-refractivity contribution is 0.181. The van der Waals surface area contributed by atoms with Gasteiger partial charge in [0.15, 0.2) is 0 Å². The standard InChI is InChI=1S/C11H20N4O/c1-5-9-8(3)13-10(7(2)6-16-4)14-11(9)15-12/h7H,5-6,12H2,1-4H3,(H,13,14,15). The number of ether oxygens (including phenoxy) is 1. The van der Waals surface area contributed by atoms with Crippen molar-refractivity contribution in [3.8, 4) is 0 Å². The van der Waals surface area contributed by atoms with Crippen LogP contribution in [0, 0.1) is 6.92 Å². The fourth-order valence-electron chi connectivity index (χ4n) is 1.71. The summed E-state index contributed by atoms with van der Waals surface area (Å²) in [6.07, 6.45) is 0.865. The van der Waals surface area contributed by atoms with Crippen LogP contribution in [0.4, 0.5) is 5.82 Å². The van der Waals surface area contributed by atoms with Crippen molar-refractivity contribution in [1.82, 2.24) is 9.97 Å². The third-order valence-electron chi connectivity index (χ3n) is 2.58. The lowest BCUT2D eigenvalue weighted by atomic mass is 10.1. The molecule has 0 aliphatic heterocycles. The molecule has 1 aromatic heterocycles. The maximum atomic E-state index is 5.47. The van der Waals surface area contributed by atoms with Gasteiger partial charge in [-0.1, -0.05) is 13.8 Å². The molecular weight excluding hydrogens is 204 g/mol. The van der Waals surface area contributed by atoms with E-state index in [4.69, 9.17) is 10.6 Å². The first-order valence-corrected chi connectivity index (χ1v) is 5.46. The topological polar surface area (TPSA) is 73.1 Å². The van der Waals surface area contributed by atoms with Gasteiger partial charge < -0.3 is 10.2 Å². The Balaban J connectivity index is 3.09. The zero-order valence-electron chi connectivity index (χ0n) is 10.4. The lowest BCUT2D eigenvalue weighted by Crippen LogP contribution is -2.16. The van der Waals surface area contributed by atoms with Crippen LogP contribution in [0.25, 0.3) is 0 Å². The summed E-state index contributed by atoms with van der Waals surface area (Å²) in [6, 6.07) is 0. The molecule has 3 N–H and O–H groups in total. The van der Waals surface area contributed by atoms with Crippen LogP contribution in [0.3, 0.4) is 0 Å². The number of methoxy groups -OCH3 is 1. The van der Waals surface area contributed by atoms with Crippen molar-refractivity contribution in [3.05, 3.63) is 17.1 Å². The van der Waals surface area contributed by atoms with Crippen LogP contribution < -0.4 is 11.3 Å². The number of nitrogens with one attached hydrogen (secondary N) is 1. The minimum atomic E-state index is 0.168. The number of nitrogen functional groups attached to an aromatic ring is 1. The Kier molecular flexibility index (Phi) is 4.64. The Labute approximate surface area is 96.4 Å². The Morgan fingerprint density at radius 1 is 1.44 bits per heavy atom. The van der Waals surface area contributed by atoms with E-state index in [1.54, 1.807) is 7.11 Å². The van der Waals surface area contributed by atoms with E-state index in [-0.39, 0.29) is 5.92 Å². The number of nitrogens with zero attached hydrogens (tertiary/aromatic N) is 2. The summed E-state index contributed by atoms with van der Waals surface area (Å²) in [5.74, 6) is 7.12. The van der Waals surface area contributed by atoms with Crippen LogP contribution in [-0.2, 0) is 11.2 Å². The fourth-order valence-corrected chi connectivity index (χ4v) is 1.71. The van der Waals surface area contributed by atoms with Crippen molar-refractivity contribution < 1.29 is 4.74 Å². The van der Waals surface area contributed by atoms with Crippen molar-refractivity contribution in [1.29, 1.82) is 0 Å². The summed E-state index contributed by atoms with van der Waals surface area (Å²) in [5.41, 5.74) is 4.67. The zero-order valence-corrected chi connectivity index (χ0v) is 10.4. The first-order chi connectivity index (χ1) is 7.63. The SMILES string of the molecule is CCc1c(C)nc(C(C)COC)nc1NN. The first-order valence-electron chi connectivity index (χ1n) is 5.46. The third kappa shape index (κ3) is 2.68. The summed E-state index contributed by atoms with van der Waals surface area (Å²) in [6.45, 7) is 6.67. The van der Waals surface area contributed by atoms with E-state index in [9.17, 15) is 0 Å². The molecule has 1 atom stereocenters. The predicted molar refractivity (Wildman–Crippen MR) is 64.2 cm³/mol. The molecule has 0 aliphatic carbocycles. The van der Waals surface area contributed by atoms with Crippen LogP contribution in [0.2, 0.25) is 0 Å². The number of hydrogen-bond donors (Lipinski definition) is 2. The van der Waals surface area contributed by atoms with E-state index in [1.807, 2.05) is 13.8 Å². The highest BCUT2D eigenvalue weighted by molar-refractivity contribution is 5.45. The summed E-state index contributed by atoms with van der Waals surface area (Å²) < 4.78 is 5.10. The average Bonchev–Trinajstić information content (AvgIpc) is 2.28. The summed E-state index contributed by atoms with van der Waals surface area (Å²) in [4.78, 5) is 8.90. The van der Waals surface area contributed by atoms with Gasteiger partial charge in [-0.15, -0.1) is 0 Å². The van der Waals surface area contributed by atoms with Crippen LogP contribution in [0.5, 0.6) is 0 Å². The molecule has 0 amide bonds. The van der Waals surface area contributed by atoms with Gasteiger partial charge in [0.1, 0.15) is 11.6 Å². The molecule has 0 aliphatic rings. The van der Waals surface area contributed by atoms with Crippen LogP contribution in [0.15, 0.2) is 0 Å². The molecule has 1 aromatic rings. The Bertz CT molecular complexity index is 354. The molecular formula is C11H20N4O. The van der Waals surface area contributed by atoms with Gasteiger partial charge in [-0.25, -0.2) is 15.8 Å². The predicted octanol–water partition coefficient (Wildman–Crippen LogP) is 1.38. The van der Waals surface area contributed by atoms with Gasteiger partial charge >= 0.3 is 0 Å². The number of nitrogens with two attached hydrogens (primary N) is 1. The minimum absolute atomic E-state index is 0.168. The third-order valence-corrected chi connectivity index (χ3v) is 2.58. The van der Waals surface area contributed by atoms with Gasteiger partial charge in [-0.05, 0) is 13.3 Å². The highest BCUT2D eigenvalue weighted by Crippen LogP contribution is 2.19. The molecule has 1 heterocycles. The summed E-state index contributed by atoms with van der Waals surface area (Å²) in [5, 5.41) is 0. The molecule has 0 saturated carbocycles. The van der Waals surface area contributed by atoms with E-state index in [1.165, 1.54) is 0 Å². The number of anilines is 1. The van der Waals surface area contributed by atoms with Gasteiger partial charge in [0.05, 0.1) is 6.61 Å². The molecule has 0 radical (unpaired) electrons. The molecule has 16 heavy (non-hydrogen) atoms. The van der Waals surface area contributed by atoms with Crippen molar-refractivity contribution in [2.45, 2.75) is 33.1 Å². The van der Waals surface area contributed by atoms with Crippen LogP contribution >= 0.6 is 0 Å². The van der Waals surface area contributed by atoms with Gasteiger partial charge in [-0.3, -0.25) is 0 Å². The van der Waals surface area contributed by atoms with E-state index in [0.29, 0.717) is 12.4 Å². The largest absolute Gasteiger partial charge is 0.384 e. The molecule has 0 spiro atoms. The van der Waals surface area contributed by atoms with E-state index < -0.39 is 0 Å². The Morgan fingerprint density at radius 2 is 2.12 bits per heavy atom. The monoisotopic (exact) mass is 224 g/mol. The second-order valence-electron chi connectivity index (χ2n) is 3.85. The zero-order chi connectivity index (χ0) is 12.1. The van der Waals surface area contributed by atoms with Crippen molar-refractivity contribution in [2.24, 2.45) is 5.84 Å². The van der Waals surface area contributed by atoms with Crippen molar-refractivity contribution in [2.75, 3.05) is 19.1 Å². The normalized spacial score (nSPS) is 12.6. The molecule has 90 valence electrons. The van der Waals surface area contributed by atoms with Gasteiger partial charge in [0.25, 0.3) is 0 Å². The summed E-state index contributed by atoms with van der Waals surface area (Å²) in [7, 11) is 1.67.